The van der Waals surface area contributed by atoms with Crippen LogP contribution in [0.1, 0.15) is 43.2 Å². The van der Waals surface area contributed by atoms with Crippen LogP contribution in [0.15, 0.2) is 72.8 Å². The number of carbonyl (C=O) groups excluding carboxylic acids is 4. The predicted octanol–water partition coefficient (Wildman–Crippen LogP) is 4.45. The van der Waals surface area contributed by atoms with E-state index in [1.807, 2.05) is 53.3 Å². The molecule has 0 spiro atoms. The van der Waals surface area contributed by atoms with E-state index in [2.05, 4.69) is 20.9 Å². The first-order chi connectivity index (χ1) is 26.4. The summed E-state index contributed by atoms with van der Waals surface area (Å²) in [7, 11) is -2.58. The van der Waals surface area contributed by atoms with Gasteiger partial charge in [0.1, 0.15) is 24.6 Å². The van der Waals surface area contributed by atoms with E-state index in [9.17, 15) is 27.6 Å². The van der Waals surface area contributed by atoms with E-state index < -0.39 is 40.3 Å². The van der Waals surface area contributed by atoms with Crippen molar-refractivity contribution in [3.63, 3.8) is 0 Å². The molecular weight excluding hydrogens is 730 g/mol. The van der Waals surface area contributed by atoms with Crippen molar-refractivity contribution in [3.05, 3.63) is 89.7 Å². The van der Waals surface area contributed by atoms with Crippen LogP contribution in [0.3, 0.4) is 0 Å². The Balaban J connectivity index is 1.01. The molecule has 4 aromatic carbocycles. The highest BCUT2D eigenvalue weighted by Crippen LogP contribution is 2.40. The number of nitrogens with zero attached hydrogens (tertiary/aromatic N) is 2. The number of benzene rings is 4. The topological polar surface area (TPSA) is 190 Å². The normalized spacial score (nSPS) is 18.5. The molecule has 14 nitrogen and oxygen atoms in total. The molecule has 7 rings (SSSR count). The zero-order chi connectivity index (χ0) is 38.9. The van der Waals surface area contributed by atoms with E-state index in [4.69, 9.17) is 10.1 Å². The van der Waals surface area contributed by atoms with Crippen molar-refractivity contribution < 1.29 is 36.7 Å². The van der Waals surface area contributed by atoms with Crippen molar-refractivity contribution in [2.75, 3.05) is 46.5 Å². The minimum absolute atomic E-state index is 0.0144. The number of halogens is 1. The van der Waals surface area contributed by atoms with Gasteiger partial charge in [0.2, 0.25) is 17.7 Å². The van der Waals surface area contributed by atoms with Crippen LogP contribution in [0.2, 0.25) is 0 Å². The van der Waals surface area contributed by atoms with Gasteiger partial charge in [-0.2, -0.15) is 8.42 Å². The number of anilines is 4. The third-order valence-corrected chi connectivity index (χ3v) is 11.6. The molecule has 0 unspecified atom stereocenters. The lowest BCUT2D eigenvalue weighted by molar-refractivity contribution is -0.134. The lowest BCUT2D eigenvalue weighted by Gasteiger charge is -2.34. The number of amides is 4. The molecule has 3 fully saturated rings. The van der Waals surface area contributed by atoms with Crippen molar-refractivity contribution in [1.82, 2.24) is 10.0 Å². The Morgan fingerprint density at radius 3 is 2.44 bits per heavy atom. The highest BCUT2D eigenvalue weighted by Gasteiger charge is 2.38. The first kappa shape index (κ1) is 37.3. The predicted molar refractivity (Wildman–Crippen MR) is 206 cm³/mol. The molecule has 0 aliphatic carbocycles. The van der Waals surface area contributed by atoms with Gasteiger partial charge in [-0.3, -0.25) is 24.5 Å². The fourth-order valence-electron chi connectivity index (χ4n) is 7.33. The highest BCUT2D eigenvalue weighted by atomic mass is 32.2. The van der Waals surface area contributed by atoms with Crippen molar-refractivity contribution in [3.8, 4) is 5.75 Å². The molecule has 3 heterocycles. The summed E-state index contributed by atoms with van der Waals surface area (Å²) in [6.45, 7) is 0.839. The quantitative estimate of drug-likeness (QED) is 0.108. The van der Waals surface area contributed by atoms with E-state index in [-0.39, 0.29) is 59.7 Å². The molecule has 1 atom stereocenters. The van der Waals surface area contributed by atoms with Gasteiger partial charge < -0.3 is 25.7 Å². The molecule has 55 heavy (non-hydrogen) atoms. The van der Waals surface area contributed by atoms with Gasteiger partial charge in [-0.25, -0.2) is 13.4 Å². The fraction of sp³-hybridized carbons (Fsp3) is 0.308. The van der Waals surface area contributed by atoms with Gasteiger partial charge in [-0.1, -0.05) is 30.3 Å². The number of piperidine rings is 2. The van der Waals surface area contributed by atoms with Gasteiger partial charge in [0, 0.05) is 61.0 Å². The first-order valence-electron chi connectivity index (χ1n) is 18.0. The minimum Gasteiger partial charge on any atom is -0.487 e. The van der Waals surface area contributed by atoms with E-state index in [1.54, 1.807) is 19.2 Å². The molecule has 16 heteroatoms. The van der Waals surface area contributed by atoms with Crippen LogP contribution in [-0.4, -0.2) is 64.4 Å². The Bertz CT molecular complexity index is 2310. The molecule has 0 bridgehead atoms. The van der Waals surface area contributed by atoms with Crippen LogP contribution in [0.25, 0.3) is 10.8 Å². The van der Waals surface area contributed by atoms with Gasteiger partial charge in [0.05, 0.1) is 11.6 Å². The van der Waals surface area contributed by atoms with Gasteiger partial charge in [0.25, 0.3) is 5.91 Å². The van der Waals surface area contributed by atoms with Crippen LogP contribution in [-0.2, 0) is 36.0 Å². The molecule has 0 saturated carbocycles. The monoisotopic (exact) mass is 769 g/mol. The summed E-state index contributed by atoms with van der Waals surface area (Å²) in [6, 6.07) is 20.9. The lowest BCUT2D eigenvalue weighted by Crippen LogP contribution is -2.44. The number of fused-ring (bicyclic) bond motifs is 1. The van der Waals surface area contributed by atoms with Gasteiger partial charge in [-0.15, -0.1) is 0 Å². The summed E-state index contributed by atoms with van der Waals surface area (Å²) >= 11 is 0. The smallest absolute Gasteiger partial charge is 0.326 e. The van der Waals surface area contributed by atoms with E-state index >= 15 is 4.39 Å². The third kappa shape index (κ3) is 7.94. The second-order valence-electron chi connectivity index (χ2n) is 13.9. The van der Waals surface area contributed by atoms with E-state index in [1.165, 1.54) is 12.1 Å². The van der Waals surface area contributed by atoms with E-state index in [0.29, 0.717) is 46.1 Å². The average molecular weight is 770 g/mol. The number of rotatable bonds is 11. The zero-order valence-corrected chi connectivity index (χ0v) is 30.8. The van der Waals surface area contributed by atoms with Crippen molar-refractivity contribution >= 4 is 73.1 Å². The molecule has 286 valence electrons. The van der Waals surface area contributed by atoms with Crippen LogP contribution >= 0.6 is 0 Å². The molecule has 5 N–H and O–H groups in total. The second kappa shape index (κ2) is 15.4. The molecule has 0 radical (unpaired) electrons. The van der Waals surface area contributed by atoms with Crippen LogP contribution in [0.4, 0.5) is 27.1 Å². The Kier molecular flexibility index (Phi) is 10.4. The Labute approximate surface area is 317 Å². The Hall–Kier alpha value is -6.03. The zero-order valence-electron chi connectivity index (χ0n) is 30.0. The molecular formula is C39H40FN7O7S. The van der Waals surface area contributed by atoms with Crippen molar-refractivity contribution in [2.45, 2.75) is 38.7 Å². The summed E-state index contributed by atoms with van der Waals surface area (Å²) in [5, 5.41) is 17.5. The molecule has 3 aliphatic heterocycles. The number of hydrogen-bond acceptors (Lipinski definition) is 10. The number of imide groups is 1. The summed E-state index contributed by atoms with van der Waals surface area (Å²) < 4.78 is 50.2. The maximum atomic E-state index is 16.2. The van der Waals surface area contributed by atoms with Gasteiger partial charge >= 0.3 is 10.2 Å². The molecule has 3 saturated heterocycles. The maximum Gasteiger partial charge on any atom is 0.326 e. The van der Waals surface area contributed by atoms with Crippen molar-refractivity contribution in [1.29, 1.82) is 5.41 Å². The minimum atomic E-state index is -4.34. The Morgan fingerprint density at radius 1 is 0.982 bits per heavy atom. The summed E-state index contributed by atoms with van der Waals surface area (Å²) in [5.74, 6) is -3.28. The summed E-state index contributed by atoms with van der Waals surface area (Å²) in [4.78, 5) is 51.5. The van der Waals surface area contributed by atoms with Crippen LogP contribution in [0.5, 0.6) is 5.75 Å². The highest BCUT2D eigenvalue weighted by molar-refractivity contribution is 7.92. The molecule has 4 amide bonds. The molecule has 4 aromatic rings. The third-order valence-electron chi connectivity index (χ3n) is 10.2. The summed E-state index contributed by atoms with van der Waals surface area (Å²) in [6.07, 6.45) is 2.31. The maximum absolute atomic E-state index is 16.2. The van der Waals surface area contributed by atoms with Gasteiger partial charge in [0.15, 0.2) is 5.82 Å². The number of carbonyl (C=O) groups is 4. The fourth-order valence-corrected chi connectivity index (χ4v) is 8.49. The number of hydrogen-bond donors (Lipinski definition) is 5. The Morgan fingerprint density at radius 2 is 1.75 bits per heavy atom. The lowest BCUT2D eigenvalue weighted by atomic mass is 9.88. The largest absolute Gasteiger partial charge is 0.487 e. The number of nitrogens with one attached hydrogen (secondary N) is 5. The van der Waals surface area contributed by atoms with Crippen LogP contribution in [0, 0.1) is 23.1 Å². The SMILES string of the molecule is CNc1cc(N2CCC(CC(=O)Nc3ccc4c(F)c(N5CC(=O)NS5(=O)=O)c(OCc5ccccc5)cc4c3)CC2)ccc1C(=N)[C@@H]1CCC(=O)NC1=O. The first-order valence-corrected chi connectivity index (χ1v) is 19.4. The van der Waals surface area contributed by atoms with Gasteiger partial charge in [-0.05, 0) is 78.6 Å². The second-order valence-corrected chi connectivity index (χ2v) is 15.5. The van der Waals surface area contributed by atoms with Crippen LogP contribution < -0.4 is 34.6 Å². The van der Waals surface area contributed by atoms with E-state index in [0.717, 1.165) is 24.1 Å². The standard InChI is InChI=1S/C39H40FN7O7S/c1-42-31-20-27(8-10-29(31)37(41)30-11-12-33(48)44-39(30)51)46-15-13-23(14-16-46)17-34(49)43-26-7-9-28-25(18-26)19-32(54-22-24-5-3-2-4-6-24)38(36(28)40)47-21-35(50)45-55(47,52)53/h2-10,18-20,23,30,41-42H,11-17,21-22H2,1H3,(H,43,49)(H,45,50)(H,44,48,51)/t30-/m0/s1. The number of ether oxygens (including phenoxy) is 1. The summed E-state index contributed by atoms with van der Waals surface area (Å²) in [5.41, 5.74) is 3.26. The van der Waals surface area contributed by atoms with Crippen molar-refractivity contribution in [2.24, 2.45) is 11.8 Å². The molecule has 3 aliphatic rings. The average Bonchev–Trinajstić information content (AvgIpc) is 3.44. The molecule has 0 aromatic heterocycles.